The largest absolute Gasteiger partial charge is 0.481 e. The molecule has 0 spiro atoms. The predicted octanol–water partition coefficient (Wildman–Crippen LogP) is -0.0579. The molecular weight excluding hydrogens is 190 g/mol. The van der Waals surface area contributed by atoms with Crippen molar-refractivity contribution in [3.05, 3.63) is 0 Å². The zero-order valence-electron chi connectivity index (χ0n) is 7.24. The van der Waals surface area contributed by atoms with Gasteiger partial charge in [0.15, 0.2) is 0 Å². The van der Waals surface area contributed by atoms with Gasteiger partial charge in [-0.05, 0) is 6.92 Å². The molecular formula is C8H11NO3S. The van der Waals surface area contributed by atoms with E-state index in [9.17, 15) is 9.59 Å². The minimum Gasteiger partial charge on any atom is -0.481 e. The summed E-state index contributed by atoms with van der Waals surface area (Å²) in [5, 5.41) is 10.4. The molecule has 0 aromatic heterocycles. The molecule has 0 saturated carbocycles. The topological polar surface area (TPSA) is 66.4 Å². The van der Waals surface area contributed by atoms with E-state index < -0.39 is 5.97 Å². The van der Waals surface area contributed by atoms with Crippen LogP contribution in [0.5, 0.6) is 0 Å². The van der Waals surface area contributed by atoms with Crippen molar-refractivity contribution < 1.29 is 14.7 Å². The highest BCUT2D eigenvalue weighted by Crippen LogP contribution is 2.09. The van der Waals surface area contributed by atoms with Gasteiger partial charge in [0.1, 0.15) is 0 Å². The van der Waals surface area contributed by atoms with E-state index in [2.05, 4.69) is 11.2 Å². The Kier molecular flexibility index (Phi) is 5.81. The molecule has 5 heteroatoms. The molecule has 1 unspecified atom stereocenters. The van der Waals surface area contributed by atoms with E-state index >= 15 is 0 Å². The van der Waals surface area contributed by atoms with Crippen molar-refractivity contribution >= 4 is 23.6 Å². The van der Waals surface area contributed by atoms with Crippen LogP contribution in [-0.4, -0.2) is 34.5 Å². The smallest absolute Gasteiger partial charge is 0.313 e. The van der Waals surface area contributed by atoms with Gasteiger partial charge in [0.05, 0.1) is 17.5 Å². The standard InChI is InChI=1S/C8H11NO3S/c1-3-4-9-8(12)6(2)13-5-7(10)11/h1,6H,4-5H2,2H3,(H,9,12)(H,10,11). The number of terminal acetylenes is 1. The first-order chi connectivity index (χ1) is 6.07. The summed E-state index contributed by atoms with van der Waals surface area (Å²) in [6.07, 6.45) is 4.93. The summed E-state index contributed by atoms with van der Waals surface area (Å²) in [5.74, 6) is 1.02. The molecule has 0 aromatic carbocycles. The number of carboxylic acid groups (broad SMARTS) is 1. The maximum absolute atomic E-state index is 11.1. The number of rotatable bonds is 5. The van der Waals surface area contributed by atoms with Gasteiger partial charge in [-0.1, -0.05) is 5.92 Å². The molecule has 0 radical (unpaired) electrons. The minimum atomic E-state index is -0.929. The second-order valence-corrected chi connectivity index (χ2v) is 3.60. The Labute approximate surface area is 81.1 Å². The summed E-state index contributed by atoms with van der Waals surface area (Å²) in [7, 11) is 0. The van der Waals surface area contributed by atoms with Crippen LogP contribution < -0.4 is 5.32 Å². The van der Waals surface area contributed by atoms with Crippen LogP contribution in [0.1, 0.15) is 6.92 Å². The van der Waals surface area contributed by atoms with Gasteiger partial charge in [-0.3, -0.25) is 9.59 Å². The van der Waals surface area contributed by atoms with Crippen molar-refractivity contribution in [2.45, 2.75) is 12.2 Å². The molecule has 4 nitrogen and oxygen atoms in total. The van der Waals surface area contributed by atoms with Crippen LogP contribution in [0.4, 0.5) is 0 Å². The fourth-order valence-electron chi connectivity index (χ4n) is 0.554. The highest BCUT2D eigenvalue weighted by atomic mass is 32.2. The summed E-state index contributed by atoms with van der Waals surface area (Å²) in [5.41, 5.74) is 0. The number of carboxylic acids is 1. The van der Waals surface area contributed by atoms with E-state index in [4.69, 9.17) is 11.5 Å². The minimum absolute atomic E-state index is 0.0787. The van der Waals surface area contributed by atoms with Gasteiger partial charge in [0, 0.05) is 0 Å². The van der Waals surface area contributed by atoms with Crippen molar-refractivity contribution in [3.8, 4) is 12.3 Å². The number of hydrogen-bond acceptors (Lipinski definition) is 3. The van der Waals surface area contributed by atoms with Gasteiger partial charge in [-0.2, -0.15) is 0 Å². The number of thioether (sulfide) groups is 1. The second-order valence-electron chi connectivity index (χ2n) is 2.27. The number of amides is 1. The Morgan fingerprint density at radius 2 is 2.31 bits per heavy atom. The normalized spacial score (nSPS) is 11.4. The van der Waals surface area contributed by atoms with Gasteiger partial charge >= 0.3 is 5.97 Å². The molecule has 1 atom stereocenters. The molecule has 0 rings (SSSR count). The van der Waals surface area contributed by atoms with E-state index in [1.807, 2.05) is 0 Å². The van der Waals surface area contributed by atoms with Crippen LogP contribution in [0, 0.1) is 12.3 Å². The molecule has 0 aliphatic rings. The van der Waals surface area contributed by atoms with Crippen LogP contribution in [0.3, 0.4) is 0 Å². The lowest BCUT2D eigenvalue weighted by atomic mass is 10.4. The summed E-state index contributed by atoms with van der Waals surface area (Å²) >= 11 is 1.06. The molecule has 0 saturated heterocycles. The molecule has 0 aliphatic heterocycles. The Morgan fingerprint density at radius 1 is 1.69 bits per heavy atom. The van der Waals surface area contributed by atoms with Crippen LogP contribution in [0.2, 0.25) is 0 Å². The van der Waals surface area contributed by atoms with E-state index in [-0.39, 0.29) is 23.5 Å². The monoisotopic (exact) mass is 201 g/mol. The molecule has 0 fully saturated rings. The molecule has 0 aromatic rings. The van der Waals surface area contributed by atoms with Gasteiger partial charge in [-0.25, -0.2) is 0 Å². The zero-order valence-corrected chi connectivity index (χ0v) is 8.06. The SMILES string of the molecule is C#CCNC(=O)C(C)SCC(=O)O. The first kappa shape index (κ1) is 11.8. The number of hydrogen-bond donors (Lipinski definition) is 2. The summed E-state index contributed by atoms with van der Waals surface area (Å²) in [6, 6.07) is 0. The molecule has 0 heterocycles. The molecule has 1 amide bonds. The van der Waals surface area contributed by atoms with Gasteiger partial charge < -0.3 is 10.4 Å². The number of aliphatic carboxylic acids is 1. The molecule has 0 aliphatic carbocycles. The highest BCUT2D eigenvalue weighted by molar-refractivity contribution is 8.01. The maximum atomic E-state index is 11.1. The maximum Gasteiger partial charge on any atom is 0.313 e. The molecule has 13 heavy (non-hydrogen) atoms. The van der Waals surface area contributed by atoms with Gasteiger partial charge in [0.2, 0.25) is 5.91 Å². The third-order valence-corrected chi connectivity index (χ3v) is 2.32. The molecule has 2 N–H and O–H groups in total. The Morgan fingerprint density at radius 3 is 2.77 bits per heavy atom. The first-order valence-corrected chi connectivity index (χ1v) is 4.67. The molecule has 0 bridgehead atoms. The first-order valence-electron chi connectivity index (χ1n) is 3.62. The lowest BCUT2D eigenvalue weighted by molar-refractivity contribution is -0.133. The van der Waals surface area contributed by atoms with Crippen LogP contribution in [0.25, 0.3) is 0 Å². The average Bonchev–Trinajstić information content (AvgIpc) is 2.10. The average molecular weight is 201 g/mol. The summed E-state index contributed by atoms with van der Waals surface area (Å²) in [6.45, 7) is 1.82. The summed E-state index contributed by atoms with van der Waals surface area (Å²) < 4.78 is 0. The quantitative estimate of drug-likeness (QED) is 0.612. The lowest BCUT2D eigenvalue weighted by Gasteiger charge is -2.08. The van der Waals surface area contributed by atoms with E-state index in [0.29, 0.717) is 0 Å². The fourth-order valence-corrected chi connectivity index (χ4v) is 1.18. The van der Waals surface area contributed by atoms with Crippen molar-refractivity contribution in [1.29, 1.82) is 0 Å². The number of carbonyl (C=O) groups is 2. The van der Waals surface area contributed by atoms with E-state index in [1.54, 1.807) is 6.92 Å². The van der Waals surface area contributed by atoms with Crippen molar-refractivity contribution in [2.75, 3.05) is 12.3 Å². The van der Waals surface area contributed by atoms with Crippen molar-refractivity contribution in [3.63, 3.8) is 0 Å². The third-order valence-electron chi connectivity index (χ3n) is 1.19. The Balaban J connectivity index is 3.70. The highest BCUT2D eigenvalue weighted by Gasteiger charge is 2.13. The van der Waals surface area contributed by atoms with Crippen LogP contribution in [-0.2, 0) is 9.59 Å². The predicted molar refractivity (Wildman–Crippen MR) is 51.4 cm³/mol. The van der Waals surface area contributed by atoms with Gasteiger partial charge in [-0.15, -0.1) is 18.2 Å². The number of nitrogens with one attached hydrogen (secondary N) is 1. The Bertz CT molecular complexity index is 234. The van der Waals surface area contributed by atoms with E-state index in [0.717, 1.165) is 11.8 Å². The van der Waals surface area contributed by atoms with Gasteiger partial charge in [0.25, 0.3) is 0 Å². The van der Waals surface area contributed by atoms with Crippen LogP contribution >= 0.6 is 11.8 Å². The van der Waals surface area contributed by atoms with Crippen molar-refractivity contribution in [2.24, 2.45) is 0 Å². The van der Waals surface area contributed by atoms with Crippen molar-refractivity contribution in [1.82, 2.24) is 5.32 Å². The van der Waals surface area contributed by atoms with E-state index in [1.165, 1.54) is 0 Å². The second kappa shape index (κ2) is 6.38. The number of carbonyl (C=O) groups excluding carboxylic acids is 1. The Hall–Kier alpha value is -1.15. The molecule has 72 valence electrons. The fraction of sp³-hybridized carbons (Fsp3) is 0.500. The summed E-state index contributed by atoms with van der Waals surface area (Å²) in [4.78, 5) is 21.2. The third kappa shape index (κ3) is 6.05. The van der Waals surface area contributed by atoms with Crippen LogP contribution in [0.15, 0.2) is 0 Å². The zero-order chi connectivity index (χ0) is 10.3. The lowest BCUT2D eigenvalue weighted by Crippen LogP contribution is -2.31.